The highest BCUT2D eigenvalue weighted by atomic mass is 16.7. The van der Waals surface area contributed by atoms with Crippen LogP contribution in [0, 0.1) is 34.5 Å². The Kier molecular flexibility index (Phi) is 4.57. The van der Waals surface area contributed by atoms with Crippen LogP contribution in [-0.2, 0) is 23.9 Å². The number of esters is 2. The second-order valence-electron chi connectivity index (χ2n) is 10.8. The lowest BCUT2D eigenvalue weighted by molar-refractivity contribution is -0.293. The standard InChI is InChI=1S/C25H32O6/c1-14(26)18-6-7-19-17-5-4-15-12-16(27)13-25(30-21(28)8-9-22(29)31-25)24(15,3)20(17)10-11-23(18,19)2/h4,8-9,16-20,27H,5-7,10-13H2,1-3H3/t16-,17?,18+,19?,20?,23+,24-/m0/s1. The van der Waals surface area contributed by atoms with Gasteiger partial charge in [0.05, 0.1) is 17.9 Å². The summed E-state index contributed by atoms with van der Waals surface area (Å²) >= 11 is 0. The van der Waals surface area contributed by atoms with Gasteiger partial charge in [0, 0.05) is 18.1 Å². The fourth-order valence-electron chi connectivity index (χ4n) is 8.25. The topological polar surface area (TPSA) is 89.9 Å². The molecule has 3 fully saturated rings. The van der Waals surface area contributed by atoms with E-state index in [-0.39, 0.29) is 29.5 Å². The van der Waals surface area contributed by atoms with Crippen LogP contribution in [0.1, 0.15) is 65.7 Å². The molecule has 3 unspecified atom stereocenters. The molecule has 4 aliphatic carbocycles. The molecule has 0 aromatic heterocycles. The average molecular weight is 429 g/mol. The van der Waals surface area contributed by atoms with Crippen molar-refractivity contribution in [2.24, 2.45) is 34.5 Å². The first-order valence-corrected chi connectivity index (χ1v) is 11.6. The summed E-state index contributed by atoms with van der Waals surface area (Å²) < 4.78 is 11.7. The summed E-state index contributed by atoms with van der Waals surface area (Å²) in [5, 5.41) is 10.6. The second kappa shape index (κ2) is 6.77. The maximum absolute atomic E-state index is 12.5. The zero-order valence-electron chi connectivity index (χ0n) is 18.6. The first kappa shape index (κ1) is 20.9. The molecular formula is C25H32O6. The van der Waals surface area contributed by atoms with E-state index >= 15 is 0 Å². The van der Waals surface area contributed by atoms with Crippen LogP contribution in [0.2, 0.25) is 0 Å². The first-order chi connectivity index (χ1) is 14.6. The molecule has 0 amide bonds. The molecule has 0 radical (unpaired) electrons. The Bertz CT molecular complexity index is 882. The minimum absolute atomic E-state index is 0.00555. The van der Waals surface area contributed by atoms with Crippen molar-refractivity contribution in [1.29, 1.82) is 0 Å². The van der Waals surface area contributed by atoms with Gasteiger partial charge in [0.25, 0.3) is 5.79 Å². The molecule has 7 atom stereocenters. The molecule has 0 saturated heterocycles. The van der Waals surface area contributed by atoms with E-state index in [0.29, 0.717) is 18.3 Å². The number of fused-ring (bicyclic) bond motifs is 6. The number of aliphatic hydroxyl groups is 1. The van der Waals surface area contributed by atoms with Crippen LogP contribution < -0.4 is 0 Å². The average Bonchev–Trinajstić information content (AvgIpc) is 2.97. The largest absolute Gasteiger partial charge is 0.418 e. The second-order valence-corrected chi connectivity index (χ2v) is 10.8. The summed E-state index contributed by atoms with van der Waals surface area (Å²) in [4.78, 5) is 37.3. The molecular weight excluding hydrogens is 396 g/mol. The molecule has 1 aliphatic heterocycles. The molecule has 1 spiro atoms. The third-order valence-electron chi connectivity index (χ3n) is 9.61. The molecule has 168 valence electrons. The van der Waals surface area contributed by atoms with E-state index in [9.17, 15) is 19.5 Å². The van der Waals surface area contributed by atoms with Gasteiger partial charge in [0.1, 0.15) is 5.78 Å². The summed E-state index contributed by atoms with van der Waals surface area (Å²) in [7, 11) is 0. The van der Waals surface area contributed by atoms with Crippen LogP contribution in [-0.4, -0.2) is 34.7 Å². The molecule has 1 heterocycles. The van der Waals surface area contributed by atoms with Crippen molar-refractivity contribution >= 4 is 17.7 Å². The summed E-state index contributed by atoms with van der Waals surface area (Å²) in [6.07, 6.45) is 8.93. The Morgan fingerprint density at radius 3 is 2.39 bits per heavy atom. The zero-order valence-corrected chi connectivity index (χ0v) is 18.6. The van der Waals surface area contributed by atoms with E-state index in [1.54, 1.807) is 6.92 Å². The summed E-state index contributed by atoms with van der Waals surface area (Å²) in [6, 6.07) is 0. The number of Topliss-reactive ketones (excluding diaryl/α,β-unsaturated/α-hetero) is 1. The number of rotatable bonds is 1. The quantitative estimate of drug-likeness (QED) is 0.508. The van der Waals surface area contributed by atoms with Gasteiger partial charge in [-0.3, -0.25) is 4.79 Å². The van der Waals surface area contributed by atoms with Gasteiger partial charge in [-0.2, -0.15) is 0 Å². The number of hydrogen-bond donors (Lipinski definition) is 1. The Morgan fingerprint density at radius 1 is 1.06 bits per heavy atom. The molecule has 6 nitrogen and oxygen atoms in total. The third kappa shape index (κ3) is 2.76. The number of carbonyl (C=O) groups is 3. The van der Waals surface area contributed by atoms with E-state index in [2.05, 4.69) is 19.9 Å². The molecule has 1 N–H and O–H groups in total. The number of carbonyl (C=O) groups excluding carboxylic acids is 3. The van der Waals surface area contributed by atoms with Crippen LogP contribution in [0.5, 0.6) is 0 Å². The molecule has 31 heavy (non-hydrogen) atoms. The van der Waals surface area contributed by atoms with Crippen molar-refractivity contribution in [3.8, 4) is 0 Å². The van der Waals surface area contributed by atoms with Crippen molar-refractivity contribution in [1.82, 2.24) is 0 Å². The monoisotopic (exact) mass is 428 g/mol. The van der Waals surface area contributed by atoms with Crippen LogP contribution >= 0.6 is 0 Å². The maximum atomic E-state index is 12.5. The minimum atomic E-state index is -1.51. The Morgan fingerprint density at radius 2 is 1.74 bits per heavy atom. The molecule has 0 aromatic carbocycles. The third-order valence-corrected chi connectivity index (χ3v) is 9.61. The van der Waals surface area contributed by atoms with E-state index in [4.69, 9.17) is 9.47 Å². The van der Waals surface area contributed by atoms with Gasteiger partial charge in [-0.15, -0.1) is 0 Å². The van der Waals surface area contributed by atoms with Gasteiger partial charge in [0.2, 0.25) is 0 Å². The van der Waals surface area contributed by atoms with Crippen molar-refractivity contribution < 1.29 is 29.0 Å². The van der Waals surface area contributed by atoms with E-state index in [0.717, 1.165) is 49.8 Å². The Labute approximate surface area is 183 Å². The smallest absolute Gasteiger partial charge is 0.334 e. The van der Waals surface area contributed by atoms with Crippen molar-refractivity contribution in [3.63, 3.8) is 0 Å². The highest BCUT2D eigenvalue weighted by molar-refractivity contribution is 5.93. The molecule has 3 saturated carbocycles. The lowest BCUT2D eigenvalue weighted by atomic mass is 9.45. The zero-order chi connectivity index (χ0) is 22.2. The first-order valence-electron chi connectivity index (χ1n) is 11.6. The van der Waals surface area contributed by atoms with E-state index in [1.807, 2.05) is 0 Å². The molecule has 6 heteroatoms. The van der Waals surface area contributed by atoms with E-state index < -0.39 is 29.2 Å². The predicted octanol–water partition coefficient (Wildman–Crippen LogP) is 3.48. The lowest BCUT2D eigenvalue weighted by Gasteiger charge is -2.62. The normalized spacial score (nSPS) is 45.5. The molecule has 5 aliphatic rings. The van der Waals surface area contributed by atoms with Crippen LogP contribution in [0.3, 0.4) is 0 Å². The van der Waals surface area contributed by atoms with Gasteiger partial charge in [-0.25, -0.2) is 9.59 Å². The summed E-state index contributed by atoms with van der Waals surface area (Å²) in [5.74, 6) is -1.44. The van der Waals surface area contributed by atoms with Crippen molar-refractivity contribution in [3.05, 3.63) is 23.8 Å². The van der Waals surface area contributed by atoms with E-state index in [1.165, 1.54) is 0 Å². The number of hydrogen-bond acceptors (Lipinski definition) is 6. The number of ketones is 1. The lowest BCUT2D eigenvalue weighted by Crippen LogP contribution is -2.64. The van der Waals surface area contributed by atoms with Crippen LogP contribution in [0.15, 0.2) is 23.8 Å². The highest BCUT2D eigenvalue weighted by Crippen LogP contribution is 2.68. The minimum Gasteiger partial charge on any atom is -0.418 e. The SMILES string of the molecule is CC(=O)[C@H]1CCC2C3CC=C4C[C@H](O)CC5(OC(=O)C=CC(=O)O5)[C@]4(C)C3CC[C@@]21C. The molecule has 0 bridgehead atoms. The van der Waals surface area contributed by atoms with Crippen molar-refractivity contribution in [2.45, 2.75) is 77.6 Å². The van der Waals surface area contributed by atoms with Gasteiger partial charge in [-0.1, -0.05) is 18.6 Å². The van der Waals surface area contributed by atoms with Gasteiger partial charge < -0.3 is 14.6 Å². The maximum Gasteiger partial charge on any atom is 0.334 e. The predicted molar refractivity (Wildman–Crippen MR) is 111 cm³/mol. The molecule has 5 rings (SSSR count). The fraction of sp³-hybridized carbons (Fsp3) is 0.720. The van der Waals surface area contributed by atoms with Crippen molar-refractivity contribution in [2.75, 3.05) is 0 Å². The Hall–Kier alpha value is -1.95. The fourth-order valence-corrected chi connectivity index (χ4v) is 8.25. The summed E-state index contributed by atoms with van der Waals surface area (Å²) in [6.45, 7) is 6.07. The molecule has 0 aromatic rings. The number of allylic oxidation sites excluding steroid dienone is 1. The van der Waals surface area contributed by atoms with Crippen LogP contribution in [0.25, 0.3) is 0 Å². The summed E-state index contributed by atoms with van der Waals surface area (Å²) in [5.41, 5.74) is 0.330. The van der Waals surface area contributed by atoms with Gasteiger partial charge in [-0.05, 0) is 75.5 Å². The number of ether oxygens (including phenoxy) is 2. The van der Waals surface area contributed by atoms with Gasteiger partial charge >= 0.3 is 11.9 Å². The highest BCUT2D eigenvalue weighted by Gasteiger charge is 2.69. The van der Waals surface area contributed by atoms with Crippen LogP contribution in [0.4, 0.5) is 0 Å². The number of aliphatic hydroxyl groups excluding tert-OH is 1. The Balaban J connectivity index is 1.59. The van der Waals surface area contributed by atoms with Gasteiger partial charge in [0.15, 0.2) is 0 Å².